The summed E-state index contributed by atoms with van der Waals surface area (Å²) in [7, 11) is -4.27. The molecule has 2 atom stereocenters. The van der Waals surface area contributed by atoms with Crippen molar-refractivity contribution in [2.75, 3.05) is 6.61 Å². The van der Waals surface area contributed by atoms with E-state index in [2.05, 4.69) is 9.05 Å². The maximum absolute atomic E-state index is 11.9. The Balaban J connectivity index is 2.56. The summed E-state index contributed by atoms with van der Waals surface area (Å²) in [6.45, 7) is -0.0534. The van der Waals surface area contributed by atoms with Crippen molar-refractivity contribution in [2.45, 2.75) is 31.5 Å². The molecule has 1 heterocycles. The van der Waals surface area contributed by atoms with Crippen molar-refractivity contribution in [1.29, 1.82) is 0 Å². The van der Waals surface area contributed by atoms with Crippen molar-refractivity contribution in [2.24, 2.45) is 0 Å². The van der Waals surface area contributed by atoms with E-state index in [4.69, 9.17) is 4.89 Å². The average molecular weight is 234 g/mol. The fraction of sp³-hybridized carbons (Fsp3) is 1.00. The monoisotopic (exact) mass is 234 g/mol. The Morgan fingerprint density at radius 2 is 2.14 bits per heavy atom. The predicted molar refractivity (Wildman–Crippen MR) is 40.6 cm³/mol. The molecule has 1 aliphatic heterocycles. The highest BCUT2D eigenvalue weighted by Gasteiger charge is 2.37. The molecule has 4 nitrogen and oxygen atoms in total. The van der Waals surface area contributed by atoms with Crippen LogP contribution in [0.1, 0.15) is 19.3 Å². The average Bonchev–Trinajstić information content (AvgIpc) is 2.06. The number of rotatable bonds is 1. The first-order valence-corrected chi connectivity index (χ1v) is 5.50. The molecule has 0 aromatic carbocycles. The quantitative estimate of drug-likeness (QED) is 0.707. The second kappa shape index (κ2) is 4.18. The molecule has 1 N–H and O–H groups in total. The number of hydrogen-bond donors (Lipinski definition) is 1. The normalized spacial score (nSPS) is 35.3. The van der Waals surface area contributed by atoms with Crippen molar-refractivity contribution < 1.29 is 31.7 Å². The van der Waals surface area contributed by atoms with Gasteiger partial charge in [-0.2, -0.15) is 13.2 Å². The molecule has 8 heteroatoms. The lowest BCUT2D eigenvalue weighted by atomic mass is 10.1. The van der Waals surface area contributed by atoms with E-state index in [1.165, 1.54) is 0 Å². The van der Waals surface area contributed by atoms with E-state index in [1.54, 1.807) is 0 Å². The van der Waals surface area contributed by atoms with Gasteiger partial charge in [-0.15, -0.1) is 0 Å². The Labute approximate surface area is 78.6 Å². The molecule has 0 aromatic heterocycles. The zero-order chi connectivity index (χ0) is 10.8. The fourth-order valence-corrected chi connectivity index (χ4v) is 2.14. The minimum Gasteiger partial charge on any atom is -0.302 e. The highest BCUT2D eigenvalue weighted by Crippen LogP contribution is 2.48. The van der Waals surface area contributed by atoms with Crippen LogP contribution in [0.2, 0.25) is 0 Å². The Morgan fingerprint density at radius 1 is 1.50 bits per heavy atom. The van der Waals surface area contributed by atoms with Crippen molar-refractivity contribution in [3.05, 3.63) is 0 Å². The fourth-order valence-electron chi connectivity index (χ4n) is 1.16. The van der Waals surface area contributed by atoms with E-state index in [-0.39, 0.29) is 19.4 Å². The van der Waals surface area contributed by atoms with Crippen LogP contribution in [0.5, 0.6) is 0 Å². The lowest BCUT2D eigenvalue weighted by Gasteiger charge is -2.17. The largest absolute Gasteiger partial charge is 0.472 e. The molecular weight excluding hydrogens is 224 g/mol. The number of halogens is 3. The van der Waals surface area contributed by atoms with Crippen molar-refractivity contribution in [3.8, 4) is 0 Å². The SMILES string of the molecule is O=P1(O)OCCCC(CC(F)(F)F)O1. The first-order chi connectivity index (χ1) is 6.29. The van der Waals surface area contributed by atoms with E-state index >= 15 is 0 Å². The Bertz CT molecular complexity index is 242. The van der Waals surface area contributed by atoms with Crippen LogP contribution in [0.15, 0.2) is 0 Å². The third-order valence-corrected chi connectivity index (χ3v) is 2.74. The zero-order valence-electron chi connectivity index (χ0n) is 7.16. The summed E-state index contributed by atoms with van der Waals surface area (Å²) >= 11 is 0. The molecule has 2 unspecified atom stereocenters. The third kappa shape index (κ3) is 4.41. The van der Waals surface area contributed by atoms with Crippen LogP contribution in [0.4, 0.5) is 13.2 Å². The maximum atomic E-state index is 11.9. The van der Waals surface area contributed by atoms with Crippen LogP contribution in [-0.4, -0.2) is 23.8 Å². The number of hydrogen-bond acceptors (Lipinski definition) is 3. The predicted octanol–water partition coefficient (Wildman–Crippen LogP) is 2.23. The van der Waals surface area contributed by atoms with Crippen LogP contribution in [-0.2, 0) is 13.6 Å². The molecule has 1 fully saturated rings. The van der Waals surface area contributed by atoms with Gasteiger partial charge in [0.05, 0.1) is 19.1 Å². The lowest BCUT2D eigenvalue weighted by Crippen LogP contribution is -2.20. The van der Waals surface area contributed by atoms with Crippen molar-refractivity contribution in [3.63, 3.8) is 0 Å². The summed E-state index contributed by atoms with van der Waals surface area (Å²) in [5.41, 5.74) is 0. The summed E-state index contributed by atoms with van der Waals surface area (Å²) in [6, 6.07) is 0. The van der Waals surface area contributed by atoms with Gasteiger partial charge in [0, 0.05) is 0 Å². The molecule has 0 saturated carbocycles. The van der Waals surface area contributed by atoms with Crippen molar-refractivity contribution >= 4 is 7.82 Å². The smallest absolute Gasteiger partial charge is 0.302 e. The van der Waals surface area contributed by atoms with Crippen LogP contribution < -0.4 is 0 Å². The molecule has 0 bridgehead atoms. The topological polar surface area (TPSA) is 55.8 Å². The first kappa shape index (κ1) is 12.0. The van der Waals surface area contributed by atoms with Crippen molar-refractivity contribution in [1.82, 2.24) is 0 Å². The number of phosphoric ester groups is 1. The van der Waals surface area contributed by atoms with Crippen LogP contribution in [0, 0.1) is 0 Å². The van der Waals surface area contributed by atoms with Gasteiger partial charge in [0.1, 0.15) is 0 Å². The Hall–Kier alpha value is -0.100. The molecular formula is C6H10F3O4P. The van der Waals surface area contributed by atoms with E-state index in [0.717, 1.165) is 0 Å². The molecule has 84 valence electrons. The molecule has 0 spiro atoms. The number of alkyl halides is 3. The first-order valence-electron chi connectivity index (χ1n) is 4.01. The highest BCUT2D eigenvalue weighted by molar-refractivity contribution is 7.47. The highest BCUT2D eigenvalue weighted by atomic mass is 31.2. The van der Waals surface area contributed by atoms with E-state index in [9.17, 15) is 17.7 Å². The summed E-state index contributed by atoms with van der Waals surface area (Å²) in [6.07, 6.45) is -6.54. The van der Waals surface area contributed by atoms with Gasteiger partial charge in [0.2, 0.25) is 0 Å². The second-order valence-electron chi connectivity index (χ2n) is 2.99. The van der Waals surface area contributed by atoms with Crippen LogP contribution >= 0.6 is 7.82 Å². The Morgan fingerprint density at radius 3 is 2.71 bits per heavy atom. The summed E-state index contributed by atoms with van der Waals surface area (Å²) in [4.78, 5) is 8.87. The standard InChI is InChI=1S/C6H10F3O4P/c7-6(8,9)4-5-2-1-3-12-14(10,11)13-5/h5H,1-4H2,(H,10,11). The van der Waals surface area contributed by atoms with Crippen LogP contribution in [0.25, 0.3) is 0 Å². The minimum absolute atomic E-state index is 0.0534. The van der Waals surface area contributed by atoms with E-state index in [1.807, 2.05) is 0 Å². The molecule has 0 aromatic rings. The minimum atomic E-state index is -4.39. The van der Waals surface area contributed by atoms with Gasteiger partial charge < -0.3 is 4.89 Å². The van der Waals surface area contributed by atoms with Gasteiger partial charge in [-0.1, -0.05) is 0 Å². The maximum Gasteiger partial charge on any atom is 0.472 e. The molecule has 1 rings (SSSR count). The van der Waals surface area contributed by atoms with Crippen LogP contribution in [0.3, 0.4) is 0 Å². The van der Waals surface area contributed by atoms with Gasteiger partial charge >= 0.3 is 14.0 Å². The van der Waals surface area contributed by atoms with Gasteiger partial charge in [-0.25, -0.2) is 4.57 Å². The van der Waals surface area contributed by atoms with E-state index < -0.39 is 26.5 Å². The lowest BCUT2D eigenvalue weighted by molar-refractivity contribution is -0.151. The molecule has 14 heavy (non-hydrogen) atoms. The zero-order valence-corrected chi connectivity index (χ0v) is 8.05. The molecule has 1 aliphatic rings. The summed E-state index contributed by atoms with van der Waals surface area (Å²) < 4.78 is 55.4. The summed E-state index contributed by atoms with van der Waals surface area (Å²) in [5.74, 6) is 0. The second-order valence-corrected chi connectivity index (χ2v) is 4.40. The molecule has 0 radical (unpaired) electrons. The third-order valence-electron chi connectivity index (χ3n) is 1.67. The summed E-state index contributed by atoms with van der Waals surface area (Å²) in [5, 5.41) is 0. The van der Waals surface area contributed by atoms with Gasteiger partial charge in [-0.05, 0) is 12.8 Å². The van der Waals surface area contributed by atoms with Gasteiger partial charge in [0.25, 0.3) is 0 Å². The Kier molecular flexibility index (Phi) is 3.58. The molecule has 0 aliphatic carbocycles. The number of phosphoric acid groups is 1. The van der Waals surface area contributed by atoms with Gasteiger partial charge in [0.15, 0.2) is 0 Å². The molecule has 0 amide bonds. The molecule has 1 saturated heterocycles. The van der Waals surface area contributed by atoms with E-state index in [0.29, 0.717) is 0 Å². The van der Waals surface area contributed by atoms with Gasteiger partial charge in [-0.3, -0.25) is 9.05 Å².